The van der Waals surface area contributed by atoms with E-state index in [-0.39, 0.29) is 12.0 Å². The van der Waals surface area contributed by atoms with Crippen LogP contribution in [0.5, 0.6) is 0 Å². The molecule has 1 fully saturated rings. The Morgan fingerprint density at radius 2 is 2.21 bits per heavy atom. The van der Waals surface area contributed by atoms with Crippen LogP contribution < -0.4 is 5.32 Å². The highest BCUT2D eigenvalue weighted by molar-refractivity contribution is 5.78. The maximum Gasteiger partial charge on any atom is 0.234 e. The Labute approximate surface area is 140 Å². The summed E-state index contributed by atoms with van der Waals surface area (Å²) in [5.74, 6) is 1.07. The van der Waals surface area contributed by atoms with Gasteiger partial charge in [0.15, 0.2) is 0 Å². The van der Waals surface area contributed by atoms with Crippen LogP contribution in [0.25, 0.3) is 11.4 Å². The molecule has 24 heavy (non-hydrogen) atoms. The molecule has 128 valence electrons. The van der Waals surface area contributed by atoms with Crippen molar-refractivity contribution in [2.24, 2.45) is 0 Å². The number of aliphatic hydroxyl groups excluding tert-OH is 1. The number of aliphatic hydroxyl groups is 1. The molecule has 7 nitrogen and oxygen atoms in total. The minimum atomic E-state index is -0.312. The Morgan fingerprint density at radius 1 is 1.42 bits per heavy atom. The maximum atomic E-state index is 12.0. The minimum Gasteiger partial charge on any atom is -0.392 e. The van der Waals surface area contributed by atoms with Crippen LogP contribution in [0.4, 0.5) is 0 Å². The minimum absolute atomic E-state index is 0.0260. The number of carbonyl (C=O) groups excluding carboxylic acids is 1. The lowest BCUT2D eigenvalue weighted by molar-refractivity contribution is -0.123. The number of hydrogen-bond acceptors (Lipinski definition) is 6. The van der Waals surface area contributed by atoms with Gasteiger partial charge in [0.25, 0.3) is 0 Å². The number of carbonyl (C=O) groups is 1. The largest absolute Gasteiger partial charge is 0.392 e. The fraction of sp³-hybridized carbons (Fsp3) is 0.471. The van der Waals surface area contributed by atoms with Crippen molar-refractivity contribution in [3.8, 4) is 11.4 Å². The first kappa shape index (κ1) is 16.6. The quantitative estimate of drug-likeness (QED) is 0.853. The SMILES string of the molecule is Cc1nc(-c2ccc(CNC(=O)CN3CCC[C@@H](O)C3)cc2)no1. The fourth-order valence-electron chi connectivity index (χ4n) is 2.82. The Balaban J connectivity index is 1.48. The summed E-state index contributed by atoms with van der Waals surface area (Å²) in [6.45, 7) is 4.00. The molecule has 0 unspecified atom stereocenters. The first-order chi connectivity index (χ1) is 11.6. The molecule has 2 aromatic rings. The van der Waals surface area contributed by atoms with Crippen molar-refractivity contribution in [3.63, 3.8) is 0 Å². The average Bonchev–Trinajstić information content (AvgIpc) is 3.00. The molecule has 1 aliphatic heterocycles. The van der Waals surface area contributed by atoms with Crippen LogP contribution in [0.3, 0.4) is 0 Å². The second-order valence-electron chi connectivity index (χ2n) is 6.14. The molecule has 1 atom stereocenters. The molecular formula is C17H22N4O3. The monoisotopic (exact) mass is 330 g/mol. The van der Waals surface area contributed by atoms with Gasteiger partial charge in [0.1, 0.15) is 0 Å². The molecule has 2 heterocycles. The van der Waals surface area contributed by atoms with Crippen molar-refractivity contribution < 1.29 is 14.4 Å². The number of hydrogen-bond donors (Lipinski definition) is 2. The van der Waals surface area contributed by atoms with Crippen molar-refractivity contribution >= 4 is 5.91 Å². The zero-order chi connectivity index (χ0) is 16.9. The van der Waals surface area contributed by atoms with Crippen LogP contribution in [0, 0.1) is 6.92 Å². The van der Waals surface area contributed by atoms with Crippen LogP contribution in [-0.4, -0.2) is 51.8 Å². The van der Waals surface area contributed by atoms with Crippen molar-refractivity contribution in [1.82, 2.24) is 20.4 Å². The highest BCUT2D eigenvalue weighted by Crippen LogP contribution is 2.16. The number of rotatable bonds is 5. The number of aromatic nitrogens is 2. The van der Waals surface area contributed by atoms with Gasteiger partial charge in [-0.3, -0.25) is 9.69 Å². The number of nitrogens with one attached hydrogen (secondary N) is 1. The van der Waals surface area contributed by atoms with Crippen molar-refractivity contribution in [1.29, 1.82) is 0 Å². The third-order valence-electron chi connectivity index (χ3n) is 4.08. The standard InChI is InChI=1S/C17H22N4O3/c1-12-19-17(20-24-12)14-6-4-13(5-7-14)9-18-16(23)11-21-8-2-3-15(22)10-21/h4-7,15,22H,2-3,8-11H2,1H3,(H,18,23)/t15-/m1/s1. The van der Waals surface area contributed by atoms with Gasteiger partial charge in [-0.05, 0) is 24.9 Å². The highest BCUT2D eigenvalue weighted by atomic mass is 16.5. The fourth-order valence-corrected chi connectivity index (χ4v) is 2.82. The number of nitrogens with zero attached hydrogens (tertiary/aromatic N) is 3. The van der Waals surface area contributed by atoms with Crippen LogP contribution in [0.15, 0.2) is 28.8 Å². The van der Waals surface area contributed by atoms with Crippen LogP contribution >= 0.6 is 0 Å². The molecule has 1 aromatic carbocycles. The molecule has 1 amide bonds. The summed E-state index contributed by atoms with van der Waals surface area (Å²) in [5, 5.41) is 16.4. The molecule has 1 saturated heterocycles. The molecule has 0 spiro atoms. The van der Waals surface area contributed by atoms with Gasteiger partial charge in [-0.2, -0.15) is 4.98 Å². The van der Waals surface area contributed by atoms with Gasteiger partial charge >= 0.3 is 0 Å². The second kappa shape index (κ2) is 7.55. The Hall–Kier alpha value is -2.25. The number of likely N-dealkylation sites (tertiary alicyclic amines) is 1. The predicted molar refractivity (Wildman–Crippen MR) is 88.0 cm³/mol. The first-order valence-electron chi connectivity index (χ1n) is 8.17. The topological polar surface area (TPSA) is 91.5 Å². The van der Waals surface area contributed by atoms with E-state index in [0.717, 1.165) is 30.5 Å². The lowest BCUT2D eigenvalue weighted by Crippen LogP contribution is -2.44. The van der Waals surface area contributed by atoms with E-state index in [0.29, 0.717) is 31.3 Å². The lowest BCUT2D eigenvalue weighted by atomic mass is 10.1. The smallest absolute Gasteiger partial charge is 0.234 e. The zero-order valence-corrected chi connectivity index (χ0v) is 13.7. The van der Waals surface area contributed by atoms with Crippen molar-refractivity contribution in [2.45, 2.75) is 32.4 Å². The number of piperidine rings is 1. The van der Waals surface area contributed by atoms with E-state index in [9.17, 15) is 9.90 Å². The molecule has 0 bridgehead atoms. The van der Waals surface area contributed by atoms with E-state index in [4.69, 9.17) is 4.52 Å². The predicted octanol–water partition coefficient (Wildman–Crippen LogP) is 1.12. The van der Waals surface area contributed by atoms with Crippen molar-refractivity contribution in [2.75, 3.05) is 19.6 Å². The first-order valence-corrected chi connectivity index (χ1v) is 8.17. The molecule has 3 rings (SSSR count). The van der Waals surface area contributed by atoms with E-state index in [2.05, 4.69) is 15.5 Å². The maximum absolute atomic E-state index is 12.0. The average molecular weight is 330 g/mol. The molecule has 0 radical (unpaired) electrons. The summed E-state index contributed by atoms with van der Waals surface area (Å²) >= 11 is 0. The number of amides is 1. The highest BCUT2D eigenvalue weighted by Gasteiger charge is 2.19. The van der Waals surface area contributed by atoms with Crippen molar-refractivity contribution in [3.05, 3.63) is 35.7 Å². The Morgan fingerprint density at radius 3 is 2.88 bits per heavy atom. The summed E-state index contributed by atoms with van der Waals surface area (Å²) in [4.78, 5) is 18.2. The van der Waals surface area contributed by atoms with E-state index in [1.54, 1.807) is 6.92 Å². The number of benzene rings is 1. The summed E-state index contributed by atoms with van der Waals surface area (Å²) in [7, 11) is 0. The molecule has 0 saturated carbocycles. The van der Waals surface area contributed by atoms with Crippen LogP contribution in [0.2, 0.25) is 0 Å². The second-order valence-corrected chi connectivity index (χ2v) is 6.14. The number of β-amino-alcohol motifs (C(OH)–C–C–N with tert-alkyl or cyclic N) is 1. The Kier molecular flexibility index (Phi) is 5.22. The van der Waals surface area contributed by atoms with Gasteiger partial charge in [-0.1, -0.05) is 29.4 Å². The molecular weight excluding hydrogens is 308 g/mol. The van der Waals surface area contributed by atoms with E-state index < -0.39 is 0 Å². The van der Waals surface area contributed by atoms with Gasteiger partial charge < -0.3 is 14.9 Å². The molecule has 2 N–H and O–H groups in total. The summed E-state index contributed by atoms with van der Waals surface area (Å²) in [6.07, 6.45) is 1.45. The number of aryl methyl sites for hydroxylation is 1. The summed E-state index contributed by atoms with van der Waals surface area (Å²) in [5.41, 5.74) is 1.88. The van der Waals surface area contributed by atoms with Gasteiger partial charge in [0, 0.05) is 25.6 Å². The molecule has 7 heteroatoms. The summed E-state index contributed by atoms with van der Waals surface area (Å²) in [6, 6.07) is 7.69. The van der Waals surface area contributed by atoms with Crippen LogP contribution in [0.1, 0.15) is 24.3 Å². The van der Waals surface area contributed by atoms with Crippen LogP contribution in [-0.2, 0) is 11.3 Å². The zero-order valence-electron chi connectivity index (χ0n) is 13.7. The lowest BCUT2D eigenvalue weighted by Gasteiger charge is -2.29. The Bertz CT molecular complexity index is 683. The van der Waals surface area contributed by atoms with Gasteiger partial charge in [0.2, 0.25) is 17.6 Å². The van der Waals surface area contributed by atoms with E-state index >= 15 is 0 Å². The van der Waals surface area contributed by atoms with Gasteiger partial charge in [-0.15, -0.1) is 0 Å². The van der Waals surface area contributed by atoms with E-state index in [1.165, 1.54) is 0 Å². The van der Waals surface area contributed by atoms with Gasteiger partial charge in [-0.25, -0.2) is 0 Å². The van der Waals surface area contributed by atoms with Gasteiger partial charge in [0.05, 0.1) is 12.6 Å². The van der Waals surface area contributed by atoms with E-state index in [1.807, 2.05) is 29.2 Å². The third kappa shape index (κ3) is 4.39. The molecule has 1 aliphatic rings. The molecule has 0 aliphatic carbocycles. The summed E-state index contributed by atoms with van der Waals surface area (Å²) < 4.78 is 4.97. The normalized spacial score (nSPS) is 18.5. The third-order valence-corrected chi connectivity index (χ3v) is 4.08. The molecule has 1 aromatic heterocycles.